The van der Waals surface area contributed by atoms with E-state index in [1.807, 2.05) is 0 Å². The third-order valence-electron chi connectivity index (χ3n) is 2.57. The smallest absolute Gasteiger partial charge is 0.0721 e. The minimum atomic E-state index is 0.860. The first kappa shape index (κ1) is 7.11. The molecule has 0 spiro atoms. The number of allylic oxidation sites excluding steroid dienone is 1. The SMILES string of the molecule is CCC1=CC2=C(CC1)COC2. The van der Waals surface area contributed by atoms with Gasteiger partial charge in [0, 0.05) is 0 Å². The summed E-state index contributed by atoms with van der Waals surface area (Å²) in [6.07, 6.45) is 6.05. The van der Waals surface area contributed by atoms with Gasteiger partial charge in [-0.05, 0) is 30.4 Å². The van der Waals surface area contributed by atoms with Crippen LogP contribution in [0.5, 0.6) is 0 Å². The van der Waals surface area contributed by atoms with Crippen LogP contribution in [-0.4, -0.2) is 13.2 Å². The molecule has 0 saturated carbocycles. The van der Waals surface area contributed by atoms with Gasteiger partial charge < -0.3 is 4.74 Å². The van der Waals surface area contributed by atoms with Crippen LogP contribution in [0.1, 0.15) is 26.2 Å². The van der Waals surface area contributed by atoms with Crippen molar-refractivity contribution in [3.8, 4) is 0 Å². The summed E-state index contributed by atoms with van der Waals surface area (Å²) in [4.78, 5) is 0. The van der Waals surface area contributed by atoms with Crippen molar-refractivity contribution in [3.63, 3.8) is 0 Å². The average Bonchev–Trinajstić information content (AvgIpc) is 2.50. The average molecular weight is 150 g/mol. The van der Waals surface area contributed by atoms with Crippen LogP contribution in [0.25, 0.3) is 0 Å². The Morgan fingerprint density at radius 1 is 1.36 bits per heavy atom. The van der Waals surface area contributed by atoms with E-state index in [4.69, 9.17) is 4.74 Å². The van der Waals surface area contributed by atoms with Crippen molar-refractivity contribution in [1.82, 2.24) is 0 Å². The van der Waals surface area contributed by atoms with Gasteiger partial charge >= 0.3 is 0 Å². The number of rotatable bonds is 1. The molecule has 1 heterocycles. The van der Waals surface area contributed by atoms with E-state index in [0.29, 0.717) is 0 Å². The van der Waals surface area contributed by atoms with Crippen LogP contribution in [-0.2, 0) is 4.74 Å². The van der Waals surface area contributed by atoms with Crippen molar-refractivity contribution in [2.45, 2.75) is 26.2 Å². The Kier molecular flexibility index (Phi) is 1.82. The Balaban J connectivity index is 2.21. The van der Waals surface area contributed by atoms with Gasteiger partial charge in [-0.1, -0.05) is 18.6 Å². The molecule has 0 fully saturated rings. The first-order valence-electron chi connectivity index (χ1n) is 4.38. The zero-order valence-corrected chi connectivity index (χ0v) is 7.02. The molecule has 0 aromatic carbocycles. The highest BCUT2D eigenvalue weighted by atomic mass is 16.5. The molecule has 0 saturated heterocycles. The highest BCUT2D eigenvalue weighted by Gasteiger charge is 2.17. The van der Waals surface area contributed by atoms with Gasteiger partial charge in [0.25, 0.3) is 0 Å². The molecule has 0 bridgehead atoms. The highest BCUT2D eigenvalue weighted by molar-refractivity contribution is 5.36. The molecule has 0 atom stereocenters. The van der Waals surface area contributed by atoms with Crippen LogP contribution in [0, 0.1) is 0 Å². The molecule has 60 valence electrons. The van der Waals surface area contributed by atoms with E-state index in [1.165, 1.54) is 24.8 Å². The molecule has 0 N–H and O–H groups in total. The summed E-state index contributed by atoms with van der Waals surface area (Å²) in [7, 11) is 0. The van der Waals surface area contributed by atoms with E-state index in [9.17, 15) is 0 Å². The first-order valence-corrected chi connectivity index (χ1v) is 4.38. The molecular formula is C10H14O. The molecule has 0 unspecified atom stereocenters. The van der Waals surface area contributed by atoms with Gasteiger partial charge in [0.05, 0.1) is 13.2 Å². The zero-order valence-electron chi connectivity index (χ0n) is 7.02. The summed E-state index contributed by atoms with van der Waals surface area (Å²) in [5, 5.41) is 0. The second-order valence-electron chi connectivity index (χ2n) is 3.28. The van der Waals surface area contributed by atoms with Crippen LogP contribution in [0.2, 0.25) is 0 Å². The van der Waals surface area contributed by atoms with Gasteiger partial charge in [-0.2, -0.15) is 0 Å². The monoisotopic (exact) mass is 150 g/mol. The minimum Gasteiger partial charge on any atom is -0.372 e. The lowest BCUT2D eigenvalue weighted by molar-refractivity contribution is 0.204. The Morgan fingerprint density at radius 3 is 3.09 bits per heavy atom. The Morgan fingerprint density at radius 2 is 2.27 bits per heavy atom. The molecule has 1 nitrogen and oxygen atoms in total. The molecule has 1 aliphatic carbocycles. The fourth-order valence-electron chi connectivity index (χ4n) is 1.76. The second-order valence-corrected chi connectivity index (χ2v) is 3.28. The van der Waals surface area contributed by atoms with Crippen molar-refractivity contribution in [2.24, 2.45) is 0 Å². The quantitative estimate of drug-likeness (QED) is 0.558. The van der Waals surface area contributed by atoms with Crippen molar-refractivity contribution >= 4 is 0 Å². The van der Waals surface area contributed by atoms with Crippen LogP contribution >= 0.6 is 0 Å². The normalized spacial score (nSPS) is 23.5. The van der Waals surface area contributed by atoms with Crippen LogP contribution < -0.4 is 0 Å². The maximum atomic E-state index is 5.37. The summed E-state index contributed by atoms with van der Waals surface area (Å²) in [5.41, 5.74) is 4.60. The van der Waals surface area contributed by atoms with Gasteiger partial charge in [-0.3, -0.25) is 0 Å². The Labute approximate surface area is 67.7 Å². The summed E-state index contributed by atoms with van der Waals surface area (Å²) in [6.45, 7) is 3.98. The number of hydrogen-bond acceptors (Lipinski definition) is 1. The maximum Gasteiger partial charge on any atom is 0.0721 e. The van der Waals surface area contributed by atoms with Crippen LogP contribution in [0.4, 0.5) is 0 Å². The van der Waals surface area contributed by atoms with Gasteiger partial charge in [0.1, 0.15) is 0 Å². The first-order chi connectivity index (χ1) is 5.40. The molecule has 0 radical (unpaired) electrons. The third kappa shape index (κ3) is 1.25. The highest BCUT2D eigenvalue weighted by Crippen LogP contribution is 2.29. The van der Waals surface area contributed by atoms with Gasteiger partial charge in [0.2, 0.25) is 0 Å². The Hall–Kier alpha value is -0.560. The molecule has 0 amide bonds. The van der Waals surface area contributed by atoms with Crippen molar-refractivity contribution in [3.05, 3.63) is 22.8 Å². The van der Waals surface area contributed by atoms with Gasteiger partial charge in [-0.25, -0.2) is 0 Å². The largest absolute Gasteiger partial charge is 0.372 e. The minimum absolute atomic E-state index is 0.860. The number of ether oxygens (including phenoxy) is 1. The van der Waals surface area contributed by atoms with Crippen LogP contribution in [0.3, 0.4) is 0 Å². The van der Waals surface area contributed by atoms with Crippen molar-refractivity contribution in [1.29, 1.82) is 0 Å². The fourth-order valence-corrected chi connectivity index (χ4v) is 1.76. The predicted octanol–water partition coefficient (Wildman–Crippen LogP) is 2.44. The number of hydrogen-bond donors (Lipinski definition) is 0. The summed E-state index contributed by atoms with van der Waals surface area (Å²) < 4.78 is 5.37. The molecule has 0 aromatic rings. The molecule has 2 rings (SSSR count). The van der Waals surface area contributed by atoms with Crippen molar-refractivity contribution < 1.29 is 4.74 Å². The topological polar surface area (TPSA) is 9.23 Å². The lowest BCUT2D eigenvalue weighted by Gasteiger charge is -2.12. The lowest BCUT2D eigenvalue weighted by atomic mass is 9.93. The summed E-state index contributed by atoms with van der Waals surface area (Å²) in [5.74, 6) is 0. The standard InChI is InChI=1S/C10H14O/c1-2-8-3-4-9-6-11-7-10(9)5-8/h5H,2-4,6-7H2,1H3. The second kappa shape index (κ2) is 2.82. The molecule has 1 heteroatoms. The third-order valence-corrected chi connectivity index (χ3v) is 2.57. The van der Waals surface area contributed by atoms with Gasteiger partial charge in [-0.15, -0.1) is 0 Å². The van der Waals surface area contributed by atoms with E-state index in [1.54, 1.807) is 11.1 Å². The van der Waals surface area contributed by atoms with Crippen LogP contribution in [0.15, 0.2) is 22.8 Å². The van der Waals surface area contributed by atoms with Crippen molar-refractivity contribution in [2.75, 3.05) is 13.2 Å². The summed E-state index contributed by atoms with van der Waals surface area (Å²) in [6, 6.07) is 0. The fraction of sp³-hybridized carbons (Fsp3) is 0.600. The van der Waals surface area contributed by atoms with E-state index < -0.39 is 0 Å². The molecule has 2 aliphatic rings. The molecular weight excluding hydrogens is 136 g/mol. The van der Waals surface area contributed by atoms with E-state index in [-0.39, 0.29) is 0 Å². The summed E-state index contributed by atoms with van der Waals surface area (Å²) >= 11 is 0. The zero-order chi connectivity index (χ0) is 7.68. The molecule has 1 aliphatic heterocycles. The Bertz CT molecular complexity index is 223. The molecule has 0 aromatic heterocycles. The lowest BCUT2D eigenvalue weighted by Crippen LogP contribution is -1.96. The van der Waals surface area contributed by atoms with Gasteiger partial charge in [0.15, 0.2) is 0 Å². The maximum absolute atomic E-state index is 5.37. The van der Waals surface area contributed by atoms with E-state index in [2.05, 4.69) is 13.0 Å². The predicted molar refractivity (Wildman–Crippen MR) is 45.5 cm³/mol. The van der Waals surface area contributed by atoms with E-state index in [0.717, 1.165) is 13.2 Å². The molecule has 11 heavy (non-hydrogen) atoms. The van der Waals surface area contributed by atoms with E-state index >= 15 is 0 Å².